The van der Waals surface area contributed by atoms with Crippen LogP contribution >= 0.6 is 22.7 Å². The van der Waals surface area contributed by atoms with E-state index in [2.05, 4.69) is 11.8 Å². The zero-order chi connectivity index (χ0) is 19.7. The Kier molecular flexibility index (Phi) is 4.86. The van der Waals surface area contributed by atoms with E-state index in [0.29, 0.717) is 9.75 Å². The molecule has 0 unspecified atom stereocenters. The van der Waals surface area contributed by atoms with Crippen LogP contribution in [0.3, 0.4) is 0 Å². The predicted molar refractivity (Wildman–Crippen MR) is 112 cm³/mol. The Bertz CT molecular complexity index is 1190. The maximum Gasteiger partial charge on any atom is 0.348 e. The highest BCUT2D eigenvalue weighted by atomic mass is 32.1. The summed E-state index contributed by atoms with van der Waals surface area (Å²) < 4.78 is 11.5. The molecular formula is C22H14O4S2. The number of rotatable bonds is 2. The van der Waals surface area contributed by atoms with Gasteiger partial charge in [0.15, 0.2) is 0 Å². The SMILES string of the molecule is COC(=O)c1cc2ccc(C#Cc3ccc4cc(C(=O)OC)sc4c3)cc2s1. The average molecular weight is 406 g/mol. The third kappa shape index (κ3) is 3.50. The van der Waals surface area contributed by atoms with Gasteiger partial charge in [0.2, 0.25) is 0 Å². The molecule has 2 heterocycles. The molecule has 0 N–H and O–H groups in total. The number of fused-ring (bicyclic) bond motifs is 2. The zero-order valence-electron chi connectivity index (χ0n) is 15.1. The van der Waals surface area contributed by atoms with Gasteiger partial charge in [-0.05, 0) is 47.2 Å². The third-order valence-electron chi connectivity index (χ3n) is 4.16. The van der Waals surface area contributed by atoms with Gasteiger partial charge < -0.3 is 9.47 Å². The molecule has 0 atom stereocenters. The summed E-state index contributed by atoms with van der Waals surface area (Å²) in [5.74, 6) is 5.67. The molecule has 0 aliphatic carbocycles. The minimum Gasteiger partial charge on any atom is -0.465 e. The average Bonchev–Trinajstić information content (AvgIpc) is 3.34. The van der Waals surface area contributed by atoms with Gasteiger partial charge in [-0.3, -0.25) is 0 Å². The van der Waals surface area contributed by atoms with E-state index < -0.39 is 0 Å². The summed E-state index contributed by atoms with van der Waals surface area (Å²) in [7, 11) is 2.75. The van der Waals surface area contributed by atoms with Crippen LogP contribution in [-0.2, 0) is 9.47 Å². The van der Waals surface area contributed by atoms with Crippen molar-refractivity contribution in [2.24, 2.45) is 0 Å². The Morgan fingerprint density at radius 3 is 1.54 bits per heavy atom. The van der Waals surface area contributed by atoms with Gasteiger partial charge in [0.05, 0.1) is 14.2 Å². The highest BCUT2D eigenvalue weighted by molar-refractivity contribution is 7.21. The molecular weight excluding hydrogens is 392 g/mol. The van der Waals surface area contributed by atoms with Gasteiger partial charge in [-0.15, -0.1) is 22.7 Å². The van der Waals surface area contributed by atoms with E-state index >= 15 is 0 Å². The number of carbonyl (C=O) groups excluding carboxylic acids is 2. The van der Waals surface area contributed by atoms with Gasteiger partial charge in [0, 0.05) is 20.5 Å². The fourth-order valence-electron chi connectivity index (χ4n) is 2.76. The first-order chi connectivity index (χ1) is 13.6. The van der Waals surface area contributed by atoms with Crippen molar-refractivity contribution in [3.05, 3.63) is 69.4 Å². The number of methoxy groups -OCH3 is 2. The van der Waals surface area contributed by atoms with Gasteiger partial charge >= 0.3 is 11.9 Å². The summed E-state index contributed by atoms with van der Waals surface area (Å²) in [5, 5.41) is 1.98. The summed E-state index contributed by atoms with van der Waals surface area (Å²) in [4.78, 5) is 24.5. The van der Waals surface area contributed by atoms with E-state index in [1.165, 1.54) is 36.9 Å². The molecule has 0 saturated heterocycles. The molecule has 4 aromatic rings. The van der Waals surface area contributed by atoms with Crippen LogP contribution in [0.4, 0.5) is 0 Å². The topological polar surface area (TPSA) is 52.6 Å². The second-order valence-electron chi connectivity index (χ2n) is 5.96. The zero-order valence-corrected chi connectivity index (χ0v) is 16.7. The first kappa shape index (κ1) is 18.2. The number of ether oxygens (including phenoxy) is 2. The fraction of sp³-hybridized carbons (Fsp3) is 0.0909. The highest BCUT2D eigenvalue weighted by Gasteiger charge is 2.11. The standard InChI is InChI=1S/C22H14O4S2/c1-25-21(23)19-11-15-7-5-13(9-17(15)27-19)3-4-14-6-8-16-12-20(22(24)26-2)28-18(16)10-14/h5-12H,1-2H3. The number of carbonyl (C=O) groups is 2. The summed E-state index contributed by atoms with van der Waals surface area (Å²) >= 11 is 2.78. The maximum absolute atomic E-state index is 11.7. The van der Waals surface area contributed by atoms with Gasteiger partial charge in [-0.2, -0.15) is 0 Å². The molecule has 0 bridgehead atoms. The van der Waals surface area contributed by atoms with Crippen LogP contribution in [0.15, 0.2) is 48.5 Å². The van der Waals surface area contributed by atoms with E-state index in [9.17, 15) is 9.59 Å². The predicted octanol–water partition coefficient (Wildman–Crippen LogP) is 5.09. The Hall–Kier alpha value is -3.14. The Morgan fingerprint density at radius 1 is 0.714 bits per heavy atom. The van der Waals surface area contributed by atoms with Crippen molar-refractivity contribution in [3.8, 4) is 11.8 Å². The first-order valence-corrected chi connectivity index (χ1v) is 9.96. The Morgan fingerprint density at radius 2 is 1.14 bits per heavy atom. The number of hydrogen-bond acceptors (Lipinski definition) is 6. The minimum atomic E-state index is -0.329. The molecule has 6 heteroatoms. The lowest BCUT2D eigenvalue weighted by Crippen LogP contribution is -1.96. The normalized spacial score (nSPS) is 10.5. The molecule has 0 amide bonds. The minimum absolute atomic E-state index is 0.329. The van der Waals surface area contributed by atoms with E-state index in [0.717, 1.165) is 31.3 Å². The largest absolute Gasteiger partial charge is 0.465 e. The van der Waals surface area contributed by atoms with Crippen LogP contribution in [0.1, 0.15) is 30.5 Å². The van der Waals surface area contributed by atoms with Gasteiger partial charge in [0.1, 0.15) is 9.75 Å². The summed E-state index contributed by atoms with van der Waals surface area (Å²) in [5.41, 5.74) is 1.74. The van der Waals surface area contributed by atoms with Crippen molar-refractivity contribution in [2.45, 2.75) is 0 Å². The van der Waals surface area contributed by atoms with Gasteiger partial charge in [-0.25, -0.2) is 9.59 Å². The molecule has 4 rings (SSSR count). The molecule has 4 nitrogen and oxygen atoms in total. The van der Waals surface area contributed by atoms with E-state index in [4.69, 9.17) is 9.47 Å². The molecule has 2 aromatic carbocycles. The van der Waals surface area contributed by atoms with E-state index in [1.807, 2.05) is 48.5 Å². The molecule has 0 spiro atoms. The quantitative estimate of drug-likeness (QED) is 0.344. The van der Waals surface area contributed by atoms with Crippen LogP contribution in [0, 0.1) is 11.8 Å². The van der Waals surface area contributed by atoms with E-state index in [-0.39, 0.29) is 11.9 Å². The van der Waals surface area contributed by atoms with Crippen LogP contribution in [-0.4, -0.2) is 26.2 Å². The van der Waals surface area contributed by atoms with Crippen LogP contribution in [0.2, 0.25) is 0 Å². The lowest BCUT2D eigenvalue weighted by atomic mass is 10.1. The van der Waals surface area contributed by atoms with Gasteiger partial charge in [0.25, 0.3) is 0 Å². The molecule has 2 aromatic heterocycles. The summed E-state index contributed by atoms with van der Waals surface area (Å²) in [6, 6.07) is 15.4. The van der Waals surface area contributed by atoms with Crippen molar-refractivity contribution < 1.29 is 19.1 Å². The number of esters is 2. The van der Waals surface area contributed by atoms with Crippen molar-refractivity contribution in [1.29, 1.82) is 0 Å². The van der Waals surface area contributed by atoms with Crippen LogP contribution in [0.5, 0.6) is 0 Å². The molecule has 0 aliphatic rings. The monoisotopic (exact) mass is 406 g/mol. The molecule has 0 aliphatic heterocycles. The molecule has 28 heavy (non-hydrogen) atoms. The lowest BCUT2D eigenvalue weighted by molar-refractivity contribution is 0.0597. The van der Waals surface area contributed by atoms with Crippen molar-refractivity contribution in [2.75, 3.05) is 14.2 Å². The Balaban J connectivity index is 1.64. The van der Waals surface area contributed by atoms with Crippen molar-refractivity contribution >= 4 is 54.8 Å². The van der Waals surface area contributed by atoms with Gasteiger partial charge in [-0.1, -0.05) is 24.0 Å². The lowest BCUT2D eigenvalue weighted by Gasteiger charge is -1.93. The molecule has 0 radical (unpaired) electrons. The number of thiophene rings is 2. The van der Waals surface area contributed by atoms with E-state index in [1.54, 1.807) is 0 Å². The number of hydrogen-bond donors (Lipinski definition) is 0. The molecule has 0 fully saturated rings. The van der Waals surface area contributed by atoms with Crippen LogP contribution in [0.25, 0.3) is 20.2 Å². The third-order valence-corrected chi connectivity index (χ3v) is 6.32. The Labute approximate surface area is 169 Å². The summed E-state index contributed by atoms with van der Waals surface area (Å²) in [6.45, 7) is 0. The van der Waals surface area contributed by atoms with Crippen molar-refractivity contribution in [1.82, 2.24) is 0 Å². The smallest absolute Gasteiger partial charge is 0.348 e. The molecule has 0 saturated carbocycles. The second kappa shape index (κ2) is 7.47. The number of benzene rings is 2. The maximum atomic E-state index is 11.7. The molecule has 138 valence electrons. The first-order valence-electron chi connectivity index (χ1n) is 8.33. The van der Waals surface area contributed by atoms with Crippen molar-refractivity contribution in [3.63, 3.8) is 0 Å². The fourth-order valence-corrected chi connectivity index (χ4v) is 4.80. The second-order valence-corrected chi connectivity index (χ2v) is 8.13. The summed E-state index contributed by atoms with van der Waals surface area (Å²) in [6.07, 6.45) is 0. The highest BCUT2D eigenvalue weighted by Crippen LogP contribution is 2.28. The van der Waals surface area contributed by atoms with Crippen LogP contribution < -0.4 is 0 Å².